The average Bonchev–Trinajstić information content (AvgIpc) is 3.23. The van der Waals surface area contributed by atoms with Crippen LogP contribution in [0, 0.1) is 6.92 Å². The summed E-state index contributed by atoms with van der Waals surface area (Å²) in [5, 5.41) is 20.2. The average molecular weight is 513 g/mol. The van der Waals surface area contributed by atoms with E-state index in [4.69, 9.17) is 9.15 Å². The maximum Gasteiger partial charge on any atom is 0.193 e. The van der Waals surface area contributed by atoms with Crippen LogP contribution in [0.4, 0.5) is 5.69 Å². The molecule has 0 fully saturated rings. The topological polar surface area (TPSA) is 102 Å². The summed E-state index contributed by atoms with van der Waals surface area (Å²) in [6.07, 6.45) is 2.48. The van der Waals surface area contributed by atoms with E-state index in [1.807, 2.05) is 90.3 Å². The van der Waals surface area contributed by atoms with E-state index in [1.54, 1.807) is 10.9 Å². The second kappa shape index (κ2) is 9.70. The molecule has 0 amide bonds. The number of fused-ring (bicyclic) bond motifs is 2. The zero-order chi connectivity index (χ0) is 27.2. The van der Waals surface area contributed by atoms with Gasteiger partial charge in [0.15, 0.2) is 17.5 Å². The summed E-state index contributed by atoms with van der Waals surface area (Å²) in [7, 11) is 1.84. The van der Waals surface area contributed by atoms with Crippen LogP contribution in [-0.4, -0.2) is 25.5 Å². The zero-order valence-electron chi connectivity index (χ0n) is 22.4. The van der Waals surface area contributed by atoms with Gasteiger partial charge in [-0.3, -0.25) is 14.5 Å². The van der Waals surface area contributed by atoms with Crippen LogP contribution in [0.5, 0.6) is 0 Å². The van der Waals surface area contributed by atoms with Crippen molar-refractivity contribution < 1.29 is 14.3 Å². The number of ether oxygens (including phenoxy) is 1. The summed E-state index contributed by atoms with van der Waals surface area (Å²) in [5.74, 6) is 0.360. The largest absolute Gasteiger partial charge is 0.454 e. The molecule has 0 aliphatic heterocycles. The highest BCUT2D eigenvalue weighted by molar-refractivity contribution is 5.91. The molecule has 2 atom stereocenters. The van der Waals surface area contributed by atoms with Gasteiger partial charge in [0.05, 0.1) is 17.0 Å². The van der Waals surface area contributed by atoms with Crippen molar-refractivity contribution in [3.63, 3.8) is 0 Å². The van der Waals surface area contributed by atoms with E-state index in [-0.39, 0.29) is 11.5 Å². The third-order valence-corrected chi connectivity index (χ3v) is 6.30. The van der Waals surface area contributed by atoms with Gasteiger partial charge in [0.2, 0.25) is 0 Å². The lowest BCUT2D eigenvalue weighted by atomic mass is 10.00. The van der Waals surface area contributed by atoms with E-state index in [1.165, 1.54) is 6.07 Å². The number of aliphatic hydroxyl groups excluding tert-OH is 1. The number of hydrogen-bond donors (Lipinski definition) is 2. The molecule has 3 heterocycles. The second-order valence-electron chi connectivity index (χ2n) is 10.6. The lowest BCUT2D eigenvalue weighted by molar-refractivity contribution is -0.169. The molecule has 5 aromatic rings. The summed E-state index contributed by atoms with van der Waals surface area (Å²) < 4.78 is 13.9. The van der Waals surface area contributed by atoms with Gasteiger partial charge in [-0.05, 0) is 58.4 Å². The van der Waals surface area contributed by atoms with Crippen LogP contribution in [0.2, 0.25) is 0 Å². The Morgan fingerprint density at radius 3 is 2.63 bits per heavy atom. The number of nitrogens with zero attached hydrogens (tertiary/aromatic N) is 3. The minimum atomic E-state index is -1.10. The van der Waals surface area contributed by atoms with Crippen LogP contribution in [-0.2, 0) is 11.8 Å². The van der Waals surface area contributed by atoms with Crippen LogP contribution in [0.15, 0.2) is 70.1 Å². The number of para-hydroxylation sites is 1. The van der Waals surface area contributed by atoms with Crippen molar-refractivity contribution in [1.29, 1.82) is 0 Å². The molecule has 3 aromatic heterocycles. The lowest BCUT2D eigenvalue weighted by Gasteiger charge is -2.27. The molecule has 0 saturated carbocycles. The monoisotopic (exact) mass is 512 g/mol. The molecule has 2 N–H and O–H groups in total. The molecule has 0 radical (unpaired) electrons. The summed E-state index contributed by atoms with van der Waals surface area (Å²) in [6.45, 7) is 9.63. The molecule has 2 unspecified atom stereocenters. The van der Waals surface area contributed by atoms with Crippen molar-refractivity contribution in [1.82, 2.24) is 14.8 Å². The Balaban J connectivity index is 1.60. The van der Waals surface area contributed by atoms with Crippen molar-refractivity contribution in [2.75, 3.05) is 5.32 Å². The Labute approximate surface area is 220 Å². The first-order valence-corrected chi connectivity index (χ1v) is 12.6. The summed E-state index contributed by atoms with van der Waals surface area (Å²) in [6, 6.07) is 14.4. The number of nitrogens with one attached hydrogen (secondary N) is 1. The maximum absolute atomic E-state index is 13.3. The van der Waals surface area contributed by atoms with E-state index in [9.17, 15) is 9.90 Å². The standard InChI is InChI=1S/C30H32N4O4/c1-17-13-21(18(2)32-23-10-8-7-9-20(23)29(36)38-30(3,4)5)28-22(14-17)24(35)15-25(37-28)27-26-19(11-12-31-27)16-34(6)33-26/h7-16,18,29,32,36H,1-6H3. The molecular weight excluding hydrogens is 480 g/mol. The molecule has 196 valence electrons. The Morgan fingerprint density at radius 1 is 1.11 bits per heavy atom. The quantitative estimate of drug-likeness (QED) is 0.268. The minimum absolute atomic E-state index is 0.150. The van der Waals surface area contributed by atoms with Gasteiger partial charge in [-0.25, -0.2) is 0 Å². The van der Waals surface area contributed by atoms with Crippen molar-refractivity contribution in [2.45, 2.75) is 52.6 Å². The molecule has 2 aromatic carbocycles. The van der Waals surface area contributed by atoms with Gasteiger partial charge in [0, 0.05) is 47.7 Å². The first-order chi connectivity index (χ1) is 18.0. The van der Waals surface area contributed by atoms with Crippen LogP contribution in [0.3, 0.4) is 0 Å². The van der Waals surface area contributed by atoms with Crippen molar-refractivity contribution >= 4 is 27.6 Å². The Kier molecular flexibility index (Phi) is 6.54. The van der Waals surface area contributed by atoms with Crippen molar-refractivity contribution in [3.8, 4) is 11.5 Å². The number of hydrogen-bond acceptors (Lipinski definition) is 7. The molecule has 0 saturated heterocycles. The molecule has 38 heavy (non-hydrogen) atoms. The Hall–Kier alpha value is -4.01. The van der Waals surface area contributed by atoms with Crippen LogP contribution < -0.4 is 10.7 Å². The maximum atomic E-state index is 13.3. The predicted octanol–water partition coefficient (Wildman–Crippen LogP) is 6.03. The Bertz CT molecular complexity index is 1700. The number of aryl methyl sites for hydroxylation is 2. The number of aliphatic hydroxyl groups is 1. The molecule has 0 aliphatic rings. The van der Waals surface area contributed by atoms with E-state index in [0.29, 0.717) is 33.5 Å². The molecule has 5 rings (SSSR count). The van der Waals surface area contributed by atoms with E-state index >= 15 is 0 Å². The molecule has 8 heteroatoms. The fourth-order valence-corrected chi connectivity index (χ4v) is 4.67. The number of rotatable bonds is 6. The Morgan fingerprint density at radius 2 is 1.87 bits per heavy atom. The number of aromatic nitrogens is 3. The minimum Gasteiger partial charge on any atom is -0.454 e. The van der Waals surface area contributed by atoms with Gasteiger partial charge in [0.25, 0.3) is 0 Å². The highest BCUT2D eigenvalue weighted by Crippen LogP contribution is 2.34. The van der Waals surface area contributed by atoms with E-state index in [2.05, 4.69) is 15.4 Å². The van der Waals surface area contributed by atoms with Gasteiger partial charge in [0.1, 0.15) is 16.8 Å². The van der Waals surface area contributed by atoms with Gasteiger partial charge < -0.3 is 19.6 Å². The third-order valence-electron chi connectivity index (χ3n) is 6.30. The first-order valence-electron chi connectivity index (χ1n) is 12.6. The zero-order valence-corrected chi connectivity index (χ0v) is 22.4. The summed E-state index contributed by atoms with van der Waals surface area (Å²) in [4.78, 5) is 17.8. The van der Waals surface area contributed by atoms with E-state index < -0.39 is 11.9 Å². The molecule has 0 aliphatic carbocycles. The fraction of sp³-hybridized carbons (Fsp3) is 0.300. The highest BCUT2D eigenvalue weighted by Gasteiger charge is 2.23. The lowest BCUT2D eigenvalue weighted by Crippen LogP contribution is -2.23. The van der Waals surface area contributed by atoms with Crippen LogP contribution >= 0.6 is 0 Å². The number of anilines is 1. The smallest absolute Gasteiger partial charge is 0.193 e. The first kappa shape index (κ1) is 25.6. The fourth-order valence-electron chi connectivity index (χ4n) is 4.67. The van der Waals surface area contributed by atoms with Gasteiger partial charge in [-0.15, -0.1) is 0 Å². The van der Waals surface area contributed by atoms with Crippen LogP contribution in [0.1, 0.15) is 56.7 Å². The summed E-state index contributed by atoms with van der Waals surface area (Å²) in [5.41, 5.74) is 4.10. The molecule has 8 nitrogen and oxygen atoms in total. The number of pyridine rings is 1. The van der Waals surface area contributed by atoms with Gasteiger partial charge in [-0.1, -0.05) is 24.3 Å². The molecular formula is C30H32N4O4. The summed E-state index contributed by atoms with van der Waals surface area (Å²) >= 11 is 0. The SMILES string of the molecule is Cc1cc(C(C)Nc2ccccc2C(O)OC(C)(C)C)c2oc(-c3nccc4cn(C)nc34)cc(=O)c2c1. The number of benzene rings is 2. The van der Waals surface area contributed by atoms with Crippen LogP contribution in [0.25, 0.3) is 33.3 Å². The van der Waals surface area contributed by atoms with Gasteiger partial charge in [-0.2, -0.15) is 5.10 Å². The predicted molar refractivity (Wildman–Crippen MR) is 149 cm³/mol. The highest BCUT2D eigenvalue weighted by atomic mass is 16.6. The normalized spacial score (nSPS) is 13.7. The van der Waals surface area contributed by atoms with Crippen molar-refractivity contribution in [3.05, 3.63) is 87.8 Å². The molecule has 0 bridgehead atoms. The molecule has 0 spiro atoms. The van der Waals surface area contributed by atoms with E-state index in [0.717, 1.165) is 22.2 Å². The van der Waals surface area contributed by atoms with Gasteiger partial charge >= 0.3 is 0 Å². The third kappa shape index (κ3) is 5.05. The van der Waals surface area contributed by atoms with Crippen molar-refractivity contribution in [2.24, 2.45) is 7.05 Å². The second-order valence-corrected chi connectivity index (χ2v) is 10.6.